The molecule has 0 aromatic rings. The average molecular weight is 195 g/mol. The average Bonchev–Trinajstić information content (AvgIpc) is 2.15. The molecule has 1 N–H and O–H groups in total. The van der Waals surface area contributed by atoms with Gasteiger partial charge in [-0.3, -0.25) is 0 Å². The zero-order valence-corrected chi connectivity index (χ0v) is 9.97. The predicted molar refractivity (Wildman–Crippen MR) is 61.4 cm³/mol. The van der Waals surface area contributed by atoms with Crippen molar-refractivity contribution in [1.82, 2.24) is 5.32 Å². The Hall–Kier alpha value is -0.0400. The summed E-state index contributed by atoms with van der Waals surface area (Å²) in [6.45, 7) is 7.12. The summed E-state index contributed by atoms with van der Waals surface area (Å²) in [6.07, 6.45) is 8.58. The van der Waals surface area contributed by atoms with E-state index >= 15 is 0 Å². The van der Waals surface area contributed by atoms with Crippen LogP contribution in [0.1, 0.15) is 59.3 Å². The molecule has 1 heterocycles. The van der Waals surface area contributed by atoms with Crippen molar-refractivity contribution in [2.45, 2.75) is 70.9 Å². The van der Waals surface area contributed by atoms with Crippen LogP contribution in [-0.2, 0) is 0 Å². The molecule has 1 saturated heterocycles. The van der Waals surface area contributed by atoms with Gasteiger partial charge < -0.3 is 5.32 Å². The Morgan fingerprint density at radius 2 is 1.93 bits per heavy atom. The zero-order valence-electron chi connectivity index (χ0n) is 9.97. The van der Waals surface area contributed by atoms with E-state index in [0.29, 0.717) is 5.54 Å². The highest BCUT2D eigenvalue weighted by Crippen LogP contribution is 2.40. The second-order valence-electron chi connectivity index (χ2n) is 5.96. The Bertz CT molecular complexity index is 187. The molecule has 3 atom stereocenters. The van der Waals surface area contributed by atoms with Crippen LogP contribution in [-0.4, -0.2) is 11.6 Å². The van der Waals surface area contributed by atoms with Gasteiger partial charge in [0, 0.05) is 11.6 Å². The second kappa shape index (κ2) is 3.84. The molecule has 1 aliphatic heterocycles. The molecule has 2 rings (SSSR count). The lowest BCUT2D eigenvalue weighted by Crippen LogP contribution is -2.57. The maximum atomic E-state index is 3.86. The predicted octanol–water partition coefficient (Wildman–Crippen LogP) is 3.34. The van der Waals surface area contributed by atoms with Gasteiger partial charge in [0.05, 0.1) is 0 Å². The third-order valence-corrected chi connectivity index (χ3v) is 4.30. The molecule has 82 valence electrons. The smallest absolute Gasteiger partial charge is 0.0130 e. The summed E-state index contributed by atoms with van der Waals surface area (Å²) in [5, 5.41) is 3.86. The topological polar surface area (TPSA) is 12.0 Å². The van der Waals surface area contributed by atoms with Crippen molar-refractivity contribution in [3.8, 4) is 0 Å². The van der Waals surface area contributed by atoms with Crippen molar-refractivity contribution in [1.29, 1.82) is 0 Å². The second-order valence-corrected chi connectivity index (χ2v) is 5.96. The fourth-order valence-corrected chi connectivity index (χ4v) is 3.72. The van der Waals surface area contributed by atoms with Crippen molar-refractivity contribution < 1.29 is 0 Å². The number of hydrogen-bond acceptors (Lipinski definition) is 1. The van der Waals surface area contributed by atoms with E-state index in [1.165, 1.54) is 38.5 Å². The largest absolute Gasteiger partial charge is 0.309 e. The van der Waals surface area contributed by atoms with E-state index < -0.39 is 0 Å². The van der Waals surface area contributed by atoms with E-state index in [4.69, 9.17) is 0 Å². The van der Waals surface area contributed by atoms with Crippen LogP contribution in [0, 0.1) is 11.8 Å². The number of fused-ring (bicyclic) bond motifs is 1. The standard InChI is InChI=1S/C13H25N/c1-4-10-9-13(2,3)14-12-8-6-5-7-11(10)12/h10-12,14H,4-9H2,1-3H3. The maximum absolute atomic E-state index is 3.86. The van der Waals surface area contributed by atoms with Gasteiger partial charge in [0.25, 0.3) is 0 Å². The minimum absolute atomic E-state index is 0.388. The summed E-state index contributed by atoms with van der Waals surface area (Å²) in [4.78, 5) is 0. The van der Waals surface area contributed by atoms with Gasteiger partial charge in [-0.25, -0.2) is 0 Å². The molecule has 0 aromatic carbocycles. The monoisotopic (exact) mass is 195 g/mol. The van der Waals surface area contributed by atoms with Gasteiger partial charge in [0.15, 0.2) is 0 Å². The van der Waals surface area contributed by atoms with Crippen LogP contribution in [0.15, 0.2) is 0 Å². The van der Waals surface area contributed by atoms with Crippen molar-refractivity contribution in [2.24, 2.45) is 11.8 Å². The first kappa shape index (κ1) is 10.5. The van der Waals surface area contributed by atoms with E-state index in [1.54, 1.807) is 0 Å². The summed E-state index contributed by atoms with van der Waals surface area (Å²) in [6, 6.07) is 0.831. The molecule has 0 bridgehead atoms. The Morgan fingerprint density at radius 1 is 1.21 bits per heavy atom. The molecule has 0 aromatic heterocycles. The first-order valence-corrected chi connectivity index (χ1v) is 6.40. The summed E-state index contributed by atoms with van der Waals surface area (Å²) in [7, 11) is 0. The maximum Gasteiger partial charge on any atom is 0.0130 e. The minimum Gasteiger partial charge on any atom is -0.309 e. The van der Waals surface area contributed by atoms with Crippen LogP contribution < -0.4 is 5.32 Å². The Kier molecular flexibility index (Phi) is 2.88. The normalized spacial score (nSPS) is 41.8. The SMILES string of the molecule is CCC1CC(C)(C)NC2CCCCC12. The van der Waals surface area contributed by atoms with Crippen molar-refractivity contribution >= 4 is 0 Å². The molecule has 2 fully saturated rings. The van der Waals surface area contributed by atoms with Crippen molar-refractivity contribution in [2.75, 3.05) is 0 Å². The fourth-order valence-electron chi connectivity index (χ4n) is 3.72. The molecule has 1 heteroatoms. The van der Waals surface area contributed by atoms with Gasteiger partial charge in [-0.1, -0.05) is 26.2 Å². The molecule has 1 nitrogen and oxygen atoms in total. The third kappa shape index (κ3) is 1.98. The molecular weight excluding hydrogens is 170 g/mol. The number of piperidine rings is 1. The number of rotatable bonds is 1. The minimum atomic E-state index is 0.388. The third-order valence-electron chi connectivity index (χ3n) is 4.30. The van der Waals surface area contributed by atoms with E-state index in [1.807, 2.05) is 0 Å². The van der Waals surface area contributed by atoms with Gasteiger partial charge in [-0.2, -0.15) is 0 Å². The van der Waals surface area contributed by atoms with Gasteiger partial charge in [-0.05, 0) is 44.9 Å². The first-order valence-electron chi connectivity index (χ1n) is 6.40. The lowest BCUT2D eigenvalue weighted by molar-refractivity contribution is 0.0717. The Balaban J connectivity index is 2.09. The Labute approximate surface area is 88.7 Å². The fraction of sp³-hybridized carbons (Fsp3) is 1.00. The molecule has 0 radical (unpaired) electrons. The van der Waals surface area contributed by atoms with Crippen LogP contribution in [0.4, 0.5) is 0 Å². The van der Waals surface area contributed by atoms with E-state index in [9.17, 15) is 0 Å². The molecule has 0 spiro atoms. The first-order chi connectivity index (χ1) is 6.62. The number of hydrogen-bond donors (Lipinski definition) is 1. The van der Waals surface area contributed by atoms with Gasteiger partial charge in [0.2, 0.25) is 0 Å². The van der Waals surface area contributed by atoms with E-state index in [2.05, 4.69) is 26.1 Å². The van der Waals surface area contributed by atoms with Gasteiger partial charge >= 0.3 is 0 Å². The van der Waals surface area contributed by atoms with Crippen LogP contribution in [0.25, 0.3) is 0 Å². The van der Waals surface area contributed by atoms with Gasteiger partial charge in [0.1, 0.15) is 0 Å². The summed E-state index contributed by atoms with van der Waals surface area (Å²) >= 11 is 0. The highest BCUT2D eigenvalue weighted by Gasteiger charge is 2.40. The molecular formula is C13H25N. The molecule has 0 amide bonds. The van der Waals surface area contributed by atoms with Gasteiger partial charge in [-0.15, -0.1) is 0 Å². The molecule has 1 saturated carbocycles. The quantitative estimate of drug-likeness (QED) is 0.676. The van der Waals surface area contributed by atoms with Crippen LogP contribution >= 0.6 is 0 Å². The number of nitrogens with one attached hydrogen (secondary N) is 1. The molecule has 2 aliphatic rings. The summed E-state index contributed by atoms with van der Waals surface area (Å²) < 4.78 is 0. The van der Waals surface area contributed by atoms with E-state index in [0.717, 1.165) is 17.9 Å². The van der Waals surface area contributed by atoms with Crippen molar-refractivity contribution in [3.05, 3.63) is 0 Å². The lowest BCUT2D eigenvalue weighted by atomic mass is 9.67. The lowest BCUT2D eigenvalue weighted by Gasteiger charge is -2.49. The molecule has 3 unspecified atom stereocenters. The molecule has 14 heavy (non-hydrogen) atoms. The van der Waals surface area contributed by atoms with E-state index in [-0.39, 0.29) is 0 Å². The zero-order chi connectivity index (χ0) is 10.2. The highest BCUT2D eigenvalue weighted by atomic mass is 15.0. The van der Waals surface area contributed by atoms with Crippen molar-refractivity contribution in [3.63, 3.8) is 0 Å². The van der Waals surface area contributed by atoms with Crippen LogP contribution in [0.3, 0.4) is 0 Å². The highest BCUT2D eigenvalue weighted by molar-refractivity contribution is 4.97. The summed E-state index contributed by atoms with van der Waals surface area (Å²) in [5.41, 5.74) is 0.388. The summed E-state index contributed by atoms with van der Waals surface area (Å²) in [5.74, 6) is 1.97. The van der Waals surface area contributed by atoms with Crippen LogP contribution in [0.5, 0.6) is 0 Å². The van der Waals surface area contributed by atoms with Crippen LogP contribution in [0.2, 0.25) is 0 Å². The molecule has 1 aliphatic carbocycles. The Morgan fingerprint density at radius 3 is 2.64 bits per heavy atom.